The first-order valence-corrected chi connectivity index (χ1v) is 6.35. The topological polar surface area (TPSA) is 59.2 Å². The number of benzene rings is 1. The number of nitrogens with two attached hydrogens (primary N) is 1. The summed E-state index contributed by atoms with van der Waals surface area (Å²) in [5, 5.41) is 0. The minimum Gasteiger partial charge on any atom is -0.396 e. The van der Waals surface area contributed by atoms with E-state index in [0.29, 0.717) is 18.7 Å². The van der Waals surface area contributed by atoms with Crippen LogP contribution in [-0.4, -0.2) is 22.3 Å². The maximum atomic E-state index is 13.1. The summed E-state index contributed by atoms with van der Waals surface area (Å²) in [4.78, 5) is 18.0. The van der Waals surface area contributed by atoms with Crippen molar-refractivity contribution in [2.24, 2.45) is 0 Å². The van der Waals surface area contributed by atoms with Gasteiger partial charge in [-0.25, -0.2) is 4.39 Å². The molecule has 0 aliphatic rings. The zero-order valence-corrected chi connectivity index (χ0v) is 11.2. The van der Waals surface area contributed by atoms with Crippen molar-refractivity contribution in [1.82, 2.24) is 9.88 Å². The quantitative estimate of drug-likeness (QED) is 0.870. The summed E-state index contributed by atoms with van der Waals surface area (Å²) in [5.74, 6) is -0.685. The zero-order chi connectivity index (χ0) is 14.5. The number of pyridine rings is 1. The van der Waals surface area contributed by atoms with Gasteiger partial charge in [0.05, 0.1) is 5.69 Å². The monoisotopic (exact) mass is 273 g/mol. The average molecular weight is 273 g/mol. The summed E-state index contributed by atoms with van der Waals surface area (Å²) >= 11 is 0. The minimum absolute atomic E-state index is 0.0178. The van der Waals surface area contributed by atoms with E-state index in [-0.39, 0.29) is 11.6 Å². The van der Waals surface area contributed by atoms with Gasteiger partial charge in [0.2, 0.25) is 0 Å². The number of nitrogens with zero attached hydrogens (tertiary/aromatic N) is 2. The molecule has 1 aromatic carbocycles. The Morgan fingerprint density at radius 1 is 1.30 bits per heavy atom. The van der Waals surface area contributed by atoms with Gasteiger partial charge in [-0.2, -0.15) is 0 Å². The fourth-order valence-electron chi connectivity index (χ4n) is 1.90. The Morgan fingerprint density at radius 2 is 2.00 bits per heavy atom. The third kappa shape index (κ3) is 3.12. The zero-order valence-electron chi connectivity index (χ0n) is 11.2. The number of carbonyl (C=O) groups is 1. The van der Waals surface area contributed by atoms with Crippen molar-refractivity contribution in [3.8, 4) is 0 Å². The molecule has 20 heavy (non-hydrogen) atoms. The van der Waals surface area contributed by atoms with Gasteiger partial charge in [0, 0.05) is 31.0 Å². The molecule has 2 aromatic rings. The van der Waals surface area contributed by atoms with Gasteiger partial charge in [-0.3, -0.25) is 9.78 Å². The van der Waals surface area contributed by atoms with Crippen LogP contribution in [0.2, 0.25) is 0 Å². The summed E-state index contributed by atoms with van der Waals surface area (Å²) in [6.07, 6.45) is 3.37. The first-order valence-electron chi connectivity index (χ1n) is 6.35. The molecule has 0 aliphatic carbocycles. The van der Waals surface area contributed by atoms with E-state index < -0.39 is 5.82 Å². The molecule has 0 saturated heterocycles. The number of rotatable bonds is 4. The number of nitrogen functional groups attached to an aromatic ring is 1. The SMILES string of the molecule is CCN(Cc1ccncc1)C(=O)c1ccc(F)c(N)c1. The molecule has 104 valence electrons. The molecule has 0 spiro atoms. The van der Waals surface area contributed by atoms with Gasteiger partial charge in [-0.1, -0.05) is 0 Å². The number of carbonyl (C=O) groups excluding carboxylic acids is 1. The van der Waals surface area contributed by atoms with Crippen molar-refractivity contribution in [3.05, 3.63) is 59.7 Å². The van der Waals surface area contributed by atoms with Crippen LogP contribution in [-0.2, 0) is 6.54 Å². The molecule has 0 atom stereocenters. The molecule has 1 amide bonds. The van der Waals surface area contributed by atoms with Crippen molar-refractivity contribution in [3.63, 3.8) is 0 Å². The average Bonchev–Trinajstić information content (AvgIpc) is 2.48. The van der Waals surface area contributed by atoms with Crippen molar-refractivity contribution in [2.45, 2.75) is 13.5 Å². The molecule has 2 N–H and O–H groups in total. The standard InChI is InChI=1S/C15H16FN3O/c1-2-19(10-11-5-7-18-8-6-11)15(20)12-3-4-13(16)14(17)9-12/h3-9H,2,10,17H2,1H3. The van der Waals surface area contributed by atoms with Crippen molar-refractivity contribution >= 4 is 11.6 Å². The van der Waals surface area contributed by atoms with Gasteiger partial charge in [-0.05, 0) is 42.8 Å². The predicted octanol–water partition coefficient (Wildman–Crippen LogP) is 2.47. The second kappa shape index (κ2) is 6.14. The van der Waals surface area contributed by atoms with Gasteiger partial charge >= 0.3 is 0 Å². The highest BCUT2D eigenvalue weighted by Crippen LogP contribution is 2.15. The number of halogens is 1. The summed E-state index contributed by atoms with van der Waals surface area (Å²) in [6, 6.07) is 7.74. The van der Waals surface area contributed by atoms with E-state index in [2.05, 4.69) is 4.98 Å². The van der Waals surface area contributed by atoms with E-state index in [1.807, 2.05) is 19.1 Å². The van der Waals surface area contributed by atoms with Gasteiger partial charge in [0.25, 0.3) is 5.91 Å². The van der Waals surface area contributed by atoms with Gasteiger partial charge in [0.15, 0.2) is 0 Å². The highest BCUT2D eigenvalue weighted by molar-refractivity contribution is 5.95. The minimum atomic E-state index is -0.515. The van der Waals surface area contributed by atoms with E-state index in [0.717, 1.165) is 5.56 Å². The van der Waals surface area contributed by atoms with E-state index in [1.54, 1.807) is 17.3 Å². The lowest BCUT2D eigenvalue weighted by Crippen LogP contribution is -2.30. The lowest BCUT2D eigenvalue weighted by Gasteiger charge is -2.21. The highest BCUT2D eigenvalue weighted by Gasteiger charge is 2.15. The van der Waals surface area contributed by atoms with Crippen molar-refractivity contribution in [1.29, 1.82) is 0 Å². The number of hydrogen-bond donors (Lipinski definition) is 1. The molecule has 0 unspecified atom stereocenters. The van der Waals surface area contributed by atoms with E-state index in [9.17, 15) is 9.18 Å². The maximum absolute atomic E-state index is 13.1. The van der Waals surface area contributed by atoms with Crippen LogP contribution in [0.15, 0.2) is 42.7 Å². The Balaban J connectivity index is 2.18. The molecule has 5 heteroatoms. The van der Waals surface area contributed by atoms with Crippen LogP contribution in [0.25, 0.3) is 0 Å². The Kier molecular flexibility index (Phi) is 4.30. The number of anilines is 1. The van der Waals surface area contributed by atoms with Crippen LogP contribution < -0.4 is 5.73 Å². The number of amides is 1. The van der Waals surface area contributed by atoms with Gasteiger partial charge < -0.3 is 10.6 Å². The van der Waals surface area contributed by atoms with Crippen LogP contribution in [0.3, 0.4) is 0 Å². The van der Waals surface area contributed by atoms with Crippen molar-refractivity contribution in [2.75, 3.05) is 12.3 Å². The lowest BCUT2D eigenvalue weighted by atomic mass is 10.1. The molecule has 1 heterocycles. The molecule has 2 rings (SSSR count). The van der Waals surface area contributed by atoms with E-state index in [4.69, 9.17) is 5.73 Å². The van der Waals surface area contributed by atoms with E-state index >= 15 is 0 Å². The molecule has 0 fully saturated rings. The van der Waals surface area contributed by atoms with Crippen LogP contribution >= 0.6 is 0 Å². The van der Waals surface area contributed by atoms with Crippen LogP contribution in [0.1, 0.15) is 22.8 Å². The predicted molar refractivity (Wildman–Crippen MR) is 75.5 cm³/mol. The normalized spacial score (nSPS) is 10.3. The summed E-state index contributed by atoms with van der Waals surface area (Å²) in [6.45, 7) is 2.93. The third-order valence-electron chi connectivity index (χ3n) is 3.03. The second-order valence-electron chi connectivity index (χ2n) is 4.41. The Morgan fingerprint density at radius 3 is 2.60 bits per heavy atom. The van der Waals surface area contributed by atoms with Gasteiger partial charge in [0.1, 0.15) is 5.82 Å². The number of aromatic nitrogens is 1. The number of hydrogen-bond acceptors (Lipinski definition) is 3. The molecule has 0 bridgehead atoms. The third-order valence-corrected chi connectivity index (χ3v) is 3.03. The van der Waals surface area contributed by atoms with Crippen molar-refractivity contribution < 1.29 is 9.18 Å². The first-order chi connectivity index (χ1) is 9.61. The molecule has 0 radical (unpaired) electrons. The molecule has 1 aromatic heterocycles. The first kappa shape index (κ1) is 14.0. The van der Waals surface area contributed by atoms with Crippen LogP contribution in [0, 0.1) is 5.82 Å². The lowest BCUT2D eigenvalue weighted by molar-refractivity contribution is 0.0752. The summed E-state index contributed by atoms with van der Waals surface area (Å²) < 4.78 is 13.1. The van der Waals surface area contributed by atoms with Gasteiger partial charge in [-0.15, -0.1) is 0 Å². The molecule has 0 saturated carbocycles. The largest absolute Gasteiger partial charge is 0.396 e. The summed E-state index contributed by atoms with van der Waals surface area (Å²) in [5.41, 5.74) is 6.86. The molecular formula is C15H16FN3O. The fourth-order valence-corrected chi connectivity index (χ4v) is 1.90. The molecule has 4 nitrogen and oxygen atoms in total. The fraction of sp³-hybridized carbons (Fsp3) is 0.200. The molecular weight excluding hydrogens is 257 g/mol. The summed E-state index contributed by atoms with van der Waals surface area (Å²) in [7, 11) is 0. The Labute approximate surface area is 117 Å². The van der Waals surface area contributed by atoms with Crippen LogP contribution in [0.5, 0.6) is 0 Å². The Hall–Kier alpha value is -2.43. The Bertz CT molecular complexity index is 601. The maximum Gasteiger partial charge on any atom is 0.254 e. The highest BCUT2D eigenvalue weighted by atomic mass is 19.1. The van der Waals surface area contributed by atoms with Crippen LogP contribution in [0.4, 0.5) is 10.1 Å². The van der Waals surface area contributed by atoms with E-state index in [1.165, 1.54) is 18.2 Å². The smallest absolute Gasteiger partial charge is 0.254 e. The second-order valence-corrected chi connectivity index (χ2v) is 4.41. The molecule has 0 aliphatic heterocycles.